The average molecular weight is 350 g/mol. The molecule has 0 aliphatic heterocycles. The van der Waals surface area contributed by atoms with Crippen LogP contribution in [0.5, 0.6) is 11.5 Å². The zero-order chi connectivity index (χ0) is 18.5. The minimum Gasteiger partial charge on any atom is -0.508 e. The van der Waals surface area contributed by atoms with Crippen molar-refractivity contribution in [3.63, 3.8) is 0 Å². The highest BCUT2D eigenvalue weighted by Gasteiger charge is 2.09. The van der Waals surface area contributed by atoms with Gasteiger partial charge >= 0.3 is 6.09 Å². The first-order chi connectivity index (χ1) is 12.5. The summed E-state index contributed by atoms with van der Waals surface area (Å²) in [5.74, 6) is 0.852. The number of nitrogens with one attached hydrogen (secondary N) is 2. The lowest BCUT2D eigenvalue weighted by Crippen LogP contribution is -2.30. The molecule has 3 N–H and O–H groups in total. The van der Waals surface area contributed by atoms with Crippen molar-refractivity contribution in [1.29, 1.82) is 5.41 Å². The van der Waals surface area contributed by atoms with E-state index in [9.17, 15) is 9.90 Å². The summed E-state index contributed by atoms with van der Waals surface area (Å²) in [6, 6.07) is 17.4. The number of benzene rings is 3. The Morgan fingerprint density at radius 1 is 1.04 bits per heavy atom. The third-order valence-corrected chi connectivity index (χ3v) is 3.87. The van der Waals surface area contributed by atoms with Gasteiger partial charge in [0.1, 0.15) is 23.9 Å². The molecule has 3 aromatic rings. The van der Waals surface area contributed by atoms with E-state index in [1.165, 1.54) is 0 Å². The van der Waals surface area contributed by atoms with Crippen molar-refractivity contribution in [2.45, 2.75) is 6.61 Å². The predicted molar refractivity (Wildman–Crippen MR) is 98.8 cm³/mol. The number of fused-ring (bicyclic) bond motifs is 1. The summed E-state index contributed by atoms with van der Waals surface area (Å²) in [5, 5.41) is 21.6. The zero-order valence-electron chi connectivity index (χ0n) is 14.2. The van der Waals surface area contributed by atoms with Crippen LogP contribution in [0.25, 0.3) is 10.8 Å². The molecule has 0 bridgehead atoms. The van der Waals surface area contributed by atoms with Crippen molar-refractivity contribution in [3.05, 3.63) is 71.8 Å². The molecule has 0 saturated heterocycles. The summed E-state index contributed by atoms with van der Waals surface area (Å²) >= 11 is 0. The molecule has 0 unspecified atom stereocenters. The van der Waals surface area contributed by atoms with Crippen LogP contribution in [0.1, 0.15) is 11.1 Å². The molecule has 0 fully saturated rings. The van der Waals surface area contributed by atoms with Crippen LogP contribution in [0.15, 0.2) is 60.7 Å². The van der Waals surface area contributed by atoms with Gasteiger partial charge in [-0.1, -0.05) is 30.3 Å². The number of hydrogen-bond acceptors (Lipinski definition) is 5. The molecule has 0 radical (unpaired) electrons. The summed E-state index contributed by atoms with van der Waals surface area (Å²) < 4.78 is 10.2. The number of alkyl carbamates (subject to hydrolysis) is 1. The number of aromatic hydroxyl groups is 1. The molecule has 3 aromatic carbocycles. The molecule has 1 amide bonds. The van der Waals surface area contributed by atoms with Crippen LogP contribution in [0.3, 0.4) is 0 Å². The number of amidine groups is 1. The summed E-state index contributed by atoms with van der Waals surface area (Å²) in [4.78, 5) is 11.9. The van der Waals surface area contributed by atoms with E-state index in [1.807, 2.05) is 0 Å². The molecule has 26 heavy (non-hydrogen) atoms. The number of phenolic OH excluding ortho intramolecular Hbond substituents is 1. The zero-order valence-corrected chi connectivity index (χ0v) is 14.2. The molecule has 6 heteroatoms. The molecular formula is C20H18N2O4. The smallest absolute Gasteiger partial charge is 0.413 e. The van der Waals surface area contributed by atoms with Crippen molar-refractivity contribution in [2.75, 3.05) is 7.11 Å². The predicted octanol–water partition coefficient (Wildman–Crippen LogP) is 3.81. The van der Waals surface area contributed by atoms with Gasteiger partial charge in [0.25, 0.3) is 0 Å². The second-order valence-corrected chi connectivity index (χ2v) is 5.67. The molecule has 0 aromatic heterocycles. The first kappa shape index (κ1) is 17.3. The van der Waals surface area contributed by atoms with Crippen molar-refractivity contribution in [1.82, 2.24) is 5.32 Å². The van der Waals surface area contributed by atoms with Gasteiger partial charge < -0.3 is 14.6 Å². The molecule has 0 saturated carbocycles. The van der Waals surface area contributed by atoms with Crippen molar-refractivity contribution < 1.29 is 19.4 Å². The lowest BCUT2D eigenvalue weighted by atomic mass is 10.1. The van der Waals surface area contributed by atoms with E-state index in [1.54, 1.807) is 67.8 Å². The van der Waals surface area contributed by atoms with Gasteiger partial charge in [0, 0.05) is 5.56 Å². The van der Waals surface area contributed by atoms with Gasteiger partial charge in [-0.25, -0.2) is 4.79 Å². The Balaban J connectivity index is 1.59. The summed E-state index contributed by atoms with van der Waals surface area (Å²) in [6.45, 7) is 0.0973. The molecule has 0 aliphatic carbocycles. The lowest BCUT2D eigenvalue weighted by Gasteiger charge is -2.09. The Kier molecular flexibility index (Phi) is 5.03. The maximum Gasteiger partial charge on any atom is 0.413 e. The van der Waals surface area contributed by atoms with Crippen LogP contribution in [0.2, 0.25) is 0 Å². The number of phenols is 1. The second-order valence-electron chi connectivity index (χ2n) is 5.67. The maximum absolute atomic E-state index is 11.9. The summed E-state index contributed by atoms with van der Waals surface area (Å²) in [7, 11) is 1.58. The fraction of sp³-hybridized carbons (Fsp3) is 0.100. The Morgan fingerprint density at radius 3 is 2.46 bits per heavy atom. The van der Waals surface area contributed by atoms with Gasteiger partial charge in [-0.15, -0.1) is 0 Å². The lowest BCUT2D eigenvalue weighted by molar-refractivity contribution is 0.145. The normalized spacial score (nSPS) is 10.3. The fourth-order valence-corrected chi connectivity index (χ4v) is 2.47. The van der Waals surface area contributed by atoms with Gasteiger partial charge in [0.2, 0.25) is 0 Å². The number of hydrogen-bond donors (Lipinski definition) is 3. The monoisotopic (exact) mass is 350 g/mol. The molecule has 6 nitrogen and oxygen atoms in total. The van der Waals surface area contributed by atoms with Crippen molar-refractivity contribution in [2.24, 2.45) is 0 Å². The highest BCUT2D eigenvalue weighted by Crippen LogP contribution is 2.21. The van der Waals surface area contributed by atoms with Gasteiger partial charge in [0.05, 0.1) is 7.11 Å². The first-order valence-electron chi connectivity index (χ1n) is 7.93. The molecule has 3 rings (SSSR count). The minimum absolute atomic E-state index is 0.0558. The van der Waals surface area contributed by atoms with E-state index in [2.05, 4.69) is 5.32 Å². The highest BCUT2D eigenvalue weighted by atomic mass is 16.5. The third-order valence-electron chi connectivity index (χ3n) is 3.87. The Morgan fingerprint density at radius 2 is 1.73 bits per heavy atom. The standard InChI is InChI=1S/C20H18N2O4/c1-25-18-8-2-13(3-9-18)12-26-20(24)22-19(21)16-5-4-15-11-17(23)7-6-14(15)10-16/h2-11,23H,12H2,1H3,(H2,21,22,24). The van der Waals surface area contributed by atoms with Crippen LogP contribution in [-0.4, -0.2) is 24.1 Å². The maximum atomic E-state index is 11.9. The second kappa shape index (κ2) is 7.57. The Labute approximate surface area is 150 Å². The van der Waals surface area contributed by atoms with Gasteiger partial charge in [0.15, 0.2) is 0 Å². The van der Waals surface area contributed by atoms with E-state index in [-0.39, 0.29) is 18.2 Å². The number of ether oxygens (including phenoxy) is 2. The van der Waals surface area contributed by atoms with Crippen LogP contribution in [-0.2, 0) is 11.3 Å². The first-order valence-corrected chi connectivity index (χ1v) is 7.93. The van der Waals surface area contributed by atoms with Crippen LogP contribution in [0.4, 0.5) is 4.79 Å². The van der Waals surface area contributed by atoms with Crippen LogP contribution >= 0.6 is 0 Å². The van der Waals surface area contributed by atoms with E-state index in [0.717, 1.165) is 22.1 Å². The van der Waals surface area contributed by atoms with Gasteiger partial charge in [-0.3, -0.25) is 10.7 Å². The minimum atomic E-state index is -0.698. The number of carbonyl (C=O) groups excluding carboxylic acids is 1. The van der Waals surface area contributed by atoms with Crippen LogP contribution in [0, 0.1) is 5.41 Å². The van der Waals surface area contributed by atoms with E-state index in [0.29, 0.717) is 5.56 Å². The van der Waals surface area contributed by atoms with E-state index >= 15 is 0 Å². The SMILES string of the molecule is COc1ccc(COC(=O)NC(=N)c2ccc3cc(O)ccc3c2)cc1. The molecule has 132 valence electrons. The summed E-state index contributed by atoms with van der Waals surface area (Å²) in [5.41, 5.74) is 1.36. The molecular weight excluding hydrogens is 332 g/mol. The Hall–Kier alpha value is -3.54. The molecule has 0 atom stereocenters. The molecule has 0 aliphatic rings. The van der Waals surface area contributed by atoms with Gasteiger partial charge in [-0.2, -0.15) is 0 Å². The van der Waals surface area contributed by atoms with E-state index in [4.69, 9.17) is 14.9 Å². The highest BCUT2D eigenvalue weighted by molar-refractivity contribution is 6.06. The fourth-order valence-electron chi connectivity index (χ4n) is 2.47. The quantitative estimate of drug-likeness (QED) is 0.493. The third kappa shape index (κ3) is 4.10. The molecule has 0 spiro atoms. The number of methoxy groups -OCH3 is 1. The summed E-state index contributed by atoms with van der Waals surface area (Å²) in [6.07, 6.45) is -0.698. The number of carbonyl (C=O) groups is 1. The van der Waals surface area contributed by atoms with Crippen molar-refractivity contribution in [3.8, 4) is 11.5 Å². The Bertz CT molecular complexity index is 952. The van der Waals surface area contributed by atoms with Crippen LogP contribution < -0.4 is 10.1 Å². The number of rotatable bonds is 4. The average Bonchev–Trinajstić information content (AvgIpc) is 2.66. The molecule has 0 heterocycles. The van der Waals surface area contributed by atoms with Gasteiger partial charge in [-0.05, 0) is 46.7 Å². The topological polar surface area (TPSA) is 91.6 Å². The van der Waals surface area contributed by atoms with E-state index < -0.39 is 6.09 Å². The largest absolute Gasteiger partial charge is 0.508 e. The number of amides is 1. The van der Waals surface area contributed by atoms with Crippen molar-refractivity contribution >= 4 is 22.7 Å².